The number of amides is 2. The van der Waals surface area contributed by atoms with Gasteiger partial charge in [0.05, 0.1) is 6.54 Å². The van der Waals surface area contributed by atoms with Gasteiger partial charge >= 0.3 is 4.87 Å². The first-order chi connectivity index (χ1) is 13.2. The number of sulfonamides is 1. The second-order valence-electron chi connectivity index (χ2n) is 6.00. The van der Waals surface area contributed by atoms with Crippen LogP contribution in [0.4, 0.5) is 0 Å². The van der Waals surface area contributed by atoms with Crippen LogP contribution in [-0.2, 0) is 14.8 Å². The minimum atomic E-state index is -3.78. The summed E-state index contributed by atoms with van der Waals surface area (Å²) in [7, 11) is -3.78. The topological polar surface area (TPSA) is 133 Å². The Kier molecular flexibility index (Phi) is 6.07. The van der Waals surface area contributed by atoms with Gasteiger partial charge in [0.1, 0.15) is 0 Å². The number of nitrogens with zero attached hydrogens (tertiary/aromatic N) is 2. The van der Waals surface area contributed by atoms with Gasteiger partial charge in [0.15, 0.2) is 14.6 Å². The summed E-state index contributed by atoms with van der Waals surface area (Å²) in [6.45, 7) is 1.92. The van der Waals surface area contributed by atoms with E-state index in [1.54, 1.807) is 6.07 Å². The third kappa shape index (κ3) is 4.37. The van der Waals surface area contributed by atoms with Gasteiger partial charge in [-0.25, -0.2) is 8.42 Å². The Labute approximate surface area is 172 Å². The van der Waals surface area contributed by atoms with E-state index in [2.05, 4.69) is 26.2 Å². The van der Waals surface area contributed by atoms with Crippen LogP contribution >= 0.6 is 27.3 Å². The van der Waals surface area contributed by atoms with Crippen molar-refractivity contribution in [2.24, 2.45) is 0 Å². The number of hydrogen-bond acceptors (Lipinski definition) is 7. The van der Waals surface area contributed by atoms with Crippen LogP contribution in [-0.4, -0.2) is 67.1 Å². The van der Waals surface area contributed by atoms with Crippen molar-refractivity contribution < 1.29 is 22.4 Å². The number of furan rings is 1. The van der Waals surface area contributed by atoms with Crippen LogP contribution < -0.4 is 10.2 Å². The predicted molar refractivity (Wildman–Crippen MR) is 104 cm³/mol. The number of aromatic nitrogens is 1. The second-order valence-corrected chi connectivity index (χ2v) is 9.90. The number of hydrogen-bond donors (Lipinski definition) is 2. The quantitative estimate of drug-likeness (QED) is 0.618. The summed E-state index contributed by atoms with van der Waals surface area (Å²) in [5, 5.41) is 2.47. The van der Waals surface area contributed by atoms with E-state index in [0.717, 1.165) is 0 Å². The van der Waals surface area contributed by atoms with E-state index in [-0.39, 0.29) is 48.6 Å². The number of nitrogens with one attached hydrogen (secondary N) is 2. The van der Waals surface area contributed by atoms with Gasteiger partial charge in [0.2, 0.25) is 5.91 Å². The predicted octanol–water partition coefficient (Wildman–Crippen LogP) is 0.363. The lowest BCUT2D eigenvalue weighted by atomic mass is 10.3. The number of halogens is 1. The third-order valence-electron chi connectivity index (χ3n) is 4.14. The number of carbonyl (C=O) groups is 2. The van der Waals surface area contributed by atoms with E-state index in [9.17, 15) is 22.8 Å². The molecule has 2 aromatic rings. The van der Waals surface area contributed by atoms with Crippen LogP contribution in [0.5, 0.6) is 0 Å². The molecule has 0 spiro atoms. The molecule has 3 rings (SSSR count). The lowest BCUT2D eigenvalue weighted by Crippen LogP contribution is -2.52. The van der Waals surface area contributed by atoms with E-state index in [0.29, 0.717) is 21.7 Å². The normalized spacial score (nSPS) is 15.6. The van der Waals surface area contributed by atoms with Gasteiger partial charge in [-0.15, -0.1) is 0 Å². The average Bonchev–Trinajstić information content (AvgIpc) is 3.24. The van der Waals surface area contributed by atoms with Gasteiger partial charge in [-0.1, -0.05) is 11.3 Å². The van der Waals surface area contributed by atoms with E-state index in [1.807, 2.05) is 0 Å². The number of carbonyl (C=O) groups excluding carboxylic acids is 2. The molecule has 28 heavy (non-hydrogen) atoms. The molecule has 2 amide bonds. The number of piperazine rings is 1. The summed E-state index contributed by atoms with van der Waals surface area (Å²) in [5.41, 5.74) is 0.306. The molecule has 1 aliphatic rings. The summed E-state index contributed by atoms with van der Waals surface area (Å²) in [6, 6.07) is 3.05. The van der Waals surface area contributed by atoms with E-state index in [4.69, 9.17) is 4.42 Å². The van der Waals surface area contributed by atoms with Crippen molar-refractivity contribution in [1.29, 1.82) is 0 Å². The fourth-order valence-electron chi connectivity index (χ4n) is 2.72. The fourth-order valence-corrected chi connectivity index (χ4v) is 5.89. The maximum Gasteiger partial charge on any atom is 0.305 e. The zero-order chi connectivity index (χ0) is 20.5. The minimum absolute atomic E-state index is 0.00542. The highest BCUT2D eigenvalue weighted by Crippen LogP contribution is 2.22. The summed E-state index contributed by atoms with van der Waals surface area (Å²) in [5.74, 6) is -0.756. The summed E-state index contributed by atoms with van der Waals surface area (Å²) >= 11 is 3.75. The zero-order valence-electron chi connectivity index (χ0n) is 14.7. The zero-order valence-corrected chi connectivity index (χ0v) is 17.9. The molecular formula is C15H17BrN4O6S2. The van der Waals surface area contributed by atoms with Crippen LogP contribution in [0.15, 0.2) is 30.2 Å². The van der Waals surface area contributed by atoms with Gasteiger partial charge in [0, 0.05) is 31.9 Å². The van der Waals surface area contributed by atoms with Crippen LogP contribution in [0, 0.1) is 6.92 Å². The molecule has 0 aliphatic carbocycles. The van der Waals surface area contributed by atoms with Gasteiger partial charge in [-0.2, -0.15) is 4.31 Å². The molecule has 0 bridgehead atoms. The van der Waals surface area contributed by atoms with Crippen LogP contribution in [0.25, 0.3) is 0 Å². The van der Waals surface area contributed by atoms with Gasteiger partial charge < -0.3 is 19.6 Å². The highest BCUT2D eigenvalue weighted by molar-refractivity contribution is 9.10. The summed E-state index contributed by atoms with van der Waals surface area (Å²) in [4.78, 5) is 39.1. The Hall–Kier alpha value is -1.96. The molecule has 152 valence electrons. The Balaban J connectivity index is 1.54. The number of aromatic amines is 1. The number of thiazole rings is 1. The Morgan fingerprint density at radius 1 is 1.29 bits per heavy atom. The molecule has 3 heterocycles. The lowest BCUT2D eigenvalue weighted by molar-refractivity contribution is -0.131. The lowest BCUT2D eigenvalue weighted by Gasteiger charge is -2.33. The first kappa shape index (κ1) is 20.8. The van der Waals surface area contributed by atoms with Gasteiger partial charge in [-0.05, 0) is 35.0 Å². The molecule has 2 N–H and O–H groups in total. The molecule has 10 nitrogen and oxygen atoms in total. The van der Waals surface area contributed by atoms with Crippen molar-refractivity contribution >= 4 is 49.1 Å². The molecule has 0 atom stereocenters. The van der Waals surface area contributed by atoms with Crippen molar-refractivity contribution in [3.63, 3.8) is 0 Å². The molecule has 1 aliphatic heterocycles. The summed E-state index contributed by atoms with van der Waals surface area (Å²) in [6.07, 6.45) is 0. The van der Waals surface area contributed by atoms with Crippen LogP contribution in [0.2, 0.25) is 0 Å². The monoisotopic (exact) mass is 492 g/mol. The van der Waals surface area contributed by atoms with E-state index in [1.165, 1.54) is 22.2 Å². The Morgan fingerprint density at radius 3 is 2.50 bits per heavy atom. The number of rotatable bonds is 5. The van der Waals surface area contributed by atoms with Gasteiger partial charge in [-0.3, -0.25) is 14.4 Å². The first-order valence-electron chi connectivity index (χ1n) is 8.19. The maximum absolute atomic E-state index is 12.7. The molecule has 1 saturated heterocycles. The smallest absolute Gasteiger partial charge is 0.305 e. The molecular weight excluding hydrogens is 476 g/mol. The van der Waals surface area contributed by atoms with E-state index >= 15 is 0 Å². The van der Waals surface area contributed by atoms with E-state index < -0.39 is 20.8 Å². The highest BCUT2D eigenvalue weighted by atomic mass is 79.9. The molecule has 0 unspecified atom stereocenters. The molecule has 0 saturated carbocycles. The largest absolute Gasteiger partial charge is 0.444 e. The fraction of sp³-hybridized carbons (Fsp3) is 0.400. The van der Waals surface area contributed by atoms with Crippen molar-refractivity contribution in [3.05, 3.63) is 37.9 Å². The molecule has 1 fully saturated rings. The molecule has 0 radical (unpaired) electrons. The summed E-state index contributed by atoms with van der Waals surface area (Å²) < 4.78 is 32.1. The van der Waals surface area contributed by atoms with Crippen molar-refractivity contribution in [1.82, 2.24) is 19.5 Å². The Bertz CT molecular complexity index is 1050. The Morgan fingerprint density at radius 2 is 1.96 bits per heavy atom. The first-order valence-corrected chi connectivity index (χ1v) is 11.2. The number of H-pyrrole nitrogens is 1. The standard InChI is InChI=1S/C15H17BrN4O6S2/c1-9-14(27-15(23)18-9)28(24,25)20-6-4-19(5-7-20)12(21)8-17-13(22)10-2-3-11(16)26-10/h2-3H,4-8H2,1H3,(H,17,22)(H,18,23). The van der Waals surface area contributed by atoms with Gasteiger partial charge in [0.25, 0.3) is 15.9 Å². The molecule has 2 aromatic heterocycles. The van der Waals surface area contributed by atoms with Crippen molar-refractivity contribution in [2.75, 3.05) is 32.7 Å². The van der Waals surface area contributed by atoms with Crippen LogP contribution in [0.3, 0.4) is 0 Å². The molecule has 13 heteroatoms. The van der Waals surface area contributed by atoms with Crippen molar-refractivity contribution in [2.45, 2.75) is 11.1 Å². The maximum atomic E-state index is 12.7. The molecule has 0 aromatic carbocycles. The minimum Gasteiger partial charge on any atom is -0.444 e. The average molecular weight is 493 g/mol. The second kappa shape index (κ2) is 8.19. The highest BCUT2D eigenvalue weighted by Gasteiger charge is 2.32. The third-order valence-corrected chi connectivity index (χ3v) is 8.05. The van der Waals surface area contributed by atoms with Crippen molar-refractivity contribution in [3.8, 4) is 0 Å². The SMILES string of the molecule is Cc1[nH]c(=O)sc1S(=O)(=O)N1CCN(C(=O)CNC(=O)c2ccc(Br)o2)CC1. The van der Waals surface area contributed by atoms with Crippen LogP contribution in [0.1, 0.15) is 16.2 Å². The number of aryl methyl sites for hydroxylation is 1.